The van der Waals surface area contributed by atoms with Crippen LogP contribution >= 0.6 is 11.3 Å². The van der Waals surface area contributed by atoms with E-state index in [0.717, 1.165) is 6.54 Å². The van der Waals surface area contributed by atoms with Crippen molar-refractivity contribution in [3.8, 4) is 0 Å². The van der Waals surface area contributed by atoms with Gasteiger partial charge in [0.05, 0.1) is 0 Å². The van der Waals surface area contributed by atoms with Crippen molar-refractivity contribution in [3.05, 3.63) is 21.9 Å². The van der Waals surface area contributed by atoms with Crippen molar-refractivity contribution in [1.29, 1.82) is 0 Å². The molecule has 1 unspecified atom stereocenters. The molecular weight excluding hydrogens is 202 g/mol. The van der Waals surface area contributed by atoms with E-state index in [0.29, 0.717) is 6.04 Å². The highest BCUT2D eigenvalue weighted by Gasteiger charge is 2.06. The van der Waals surface area contributed by atoms with E-state index in [-0.39, 0.29) is 0 Å². The van der Waals surface area contributed by atoms with Gasteiger partial charge in [-0.2, -0.15) is 0 Å². The molecule has 1 rings (SSSR count). The van der Waals surface area contributed by atoms with Gasteiger partial charge in [-0.05, 0) is 56.2 Å². The summed E-state index contributed by atoms with van der Waals surface area (Å²) in [5.41, 5.74) is 1.54. The van der Waals surface area contributed by atoms with Crippen LogP contribution in [0.25, 0.3) is 0 Å². The number of hydrogen-bond acceptors (Lipinski definition) is 2. The van der Waals surface area contributed by atoms with Crippen LogP contribution in [-0.4, -0.2) is 12.6 Å². The summed E-state index contributed by atoms with van der Waals surface area (Å²) in [4.78, 5) is 1.49. The second kappa shape index (κ2) is 7.02. The quantitative estimate of drug-likeness (QED) is 0.745. The van der Waals surface area contributed by atoms with E-state index >= 15 is 0 Å². The minimum atomic E-state index is 0.698. The van der Waals surface area contributed by atoms with Gasteiger partial charge in [0.1, 0.15) is 0 Å². The Kier molecular flexibility index (Phi) is 5.96. The summed E-state index contributed by atoms with van der Waals surface area (Å²) in [6.07, 6.45) is 4.97. The van der Waals surface area contributed by atoms with E-state index in [1.807, 2.05) is 11.3 Å². The van der Waals surface area contributed by atoms with E-state index in [4.69, 9.17) is 0 Å². The van der Waals surface area contributed by atoms with Gasteiger partial charge in [-0.1, -0.05) is 13.8 Å². The van der Waals surface area contributed by atoms with Crippen LogP contribution in [0.1, 0.15) is 43.6 Å². The Morgan fingerprint density at radius 3 is 2.73 bits per heavy atom. The third kappa shape index (κ3) is 4.35. The molecule has 1 N–H and O–H groups in total. The van der Waals surface area contributed by atoms with Gasteiger partial charge >= 0.3 is 0 Å². The summed E-state index contributed by atoms with van der Waals surface area (Å²) in [7, 11) is 0. The average molecular weight is 225 g/mol. The minimum Gasteiger partial charge on any atom is -0.314 e. The van der Waals surface area contributed by atoms with E-state index in [2.05, 4.69) is 37.5 Å². The molecule has 2 heteroatoms. The Morgan fingerprint density at radius 2 is 2.20 bits per heavy atom. The molecule has 0 saturated carbocycles. The van der Waals surface area contributed by atoms with Crippen molar-refractivity contribution >= 4 is 11.3 Å². The van der Waals surface area contributed by atoms with Crippen molar-refractivity contribution in [1.82, 2.24) is 5.32 Å². The Bertz CT molecular complexity index is 267. The second-order valence-electron chi connectivity index (χ2n) is 4.10. The maximum absolute atomic E-state index is 3.60. The Hall–Kier alpha value is -0.340. The van der Waals surface area contributed by atoms with E-state index < -0.39 is 0 Å². The Labute approximate surface area is 97.9 Å². The SMILES string of the molecule is CCCNC(CC)CCc1ccsc1C. The molecule has 0 aliphatic rings. The second-order valence-corrected chi connectivity index (χ2v) is 5.22. The van der Waals surface area contributed by atoms with Crippen LogP contribution in [-0.2, 0) is 6.42 Å². The number of rotatable bonds is 7. The maximum Gasteiger partial charge on any atom is 0.00676 e. The van der Waals surface area contributed by atoms with Crippen LogP contribution in [0.3, 0.4) is 0 Å². The minimum absolute atomic E-state index is 0.698. The van der Waals surface area contributed by atoms with Crippen LogP contribution in [0.5, 0.6) is 0 Å². The lowest BCUT2D eigenvalue weighted by atomic mass is 10.0. The van der Waals surface area contributed by atoms with E-state index in [1.165, 1.54) is 36.1 Å². The van der Waals surface area contributed by atoms with E-state index in [9.17, 15) is 0 Å². The van der Waals surface area contributed by atoms with Gasteiger partial charge in [0, 0.05) is 10.9 Å². The van der Waals surface area contributed by atoms with E-state index in [1.54, 1.807) is 0 Å². The third-order valence-electron chi connectivity index (χ3n) is 2.90. The number of aryl methyl sites for hydroxylation is 2. The molecule has 15 heavy (non-hydrogen) atoms. The molecule has 0 amide bonds. The molecule has 0 aliphatic carbocycles. The van der Waals surface area contributed by atoms with Crippen molar-refractivity contribution in [2.24, 2.45) is 0 Å². The molecule has 0 spiro atoms. The van der Waals surface area contributed by atoms with Gasteiger partial charge in [-0.15, -0.1) is 11.3 Å². The van der Waals surface area contributed by atoms with Gasteiger partial charge < -0.3 is 5.32 Å². The summed E-state index contributed by atoms with van der Waals surface area (Å²) in [6.45, 7) is 7.87. The zero-order valence-corrected chi connectivity index (χ0v) is 11.0. The molecule has 1 aromatic heterocycles. The largest absolute Gasteiger partial charge is 0.314 e. The molecule has 0 fully saturated rings. The Morgan fingerprint density at radius 1 is 1.40 bits per heavy atom. The molecular formula is C13H23NS. The van der Waals surface area contributed by atoms with Crippen molar-refractivity contribution < 1.29 is 0 Å². The molecule has 0 radical (unpaired) electrons. The first kappa shape index (κ1) is 12.7. The lowest BCUT2D eigenvalue weighted by molar-refractivity contribution is 0.468. The summed E-state index contributed by atoms with van der Waals surface area (Å²) < 4.78 is 0. The highest BCUT2D eigenvalue weighted by molar-refractivity contribution is 7.10. The predicted octanol–water partition coefficient (Wildman–Crippen LogP) is 3.77. The molecule has 1 aromatic rings. The van der Waals surface area contributed by atoms with Crippen molar-refractivity contribution in [2.75, 3.05) is 6.54 Å². The Balaban J connectivity index is 2.31. The lowest BCUT2D eigenvalue weighted by Crippen LogP contribution is -2.29. The molecule has 86 valence electrons. The molecule has 0 aliphatic heterocycles. The monoisotopic (exact) mass is 225 g/mol. The summed E-state index contributed by atoms with van der Waals surface area (Å²) in [6, 6.07) is 2.97. The zero-order chi connectivity index (χ0) is 11.1. The summed E-state index contributed by atoms with van der Waals surface area (Å²) in [5, 5.41) is 5.80. The molecule has 0 aromatic carbocycles. The first-order valence-corrected chi connectivity index (χ1v) is 6.92. The van der Waals surface area contributed by atoms with Crippen LogP contribution in [0.2, 0.25) is 0 Å². The molecule has 1 heterocycles. The third-order valence-corrected chi connectivity index (χ3v) is 3.79. The van der Waals surface area contributed by atoms with Crippen molar-refractivity contribution in [2.45, 2.75) is 52.5 Å². The van der Waals surface area contributed by atoms with Gasteiger partial charge in [0.25, 0.3) is 0 Å². The molecule has 0 saturated heterocycles. The maximum atomic E-state index is 3.60. The number of thiophene rings is 1. The fourth-order valence-electron chi connectivity index (χ4n) is 1.80. The fourth-order valence-corrected chi connectivity index (χ4v) is 2.56. The van der Waals surface area contributed by atoms with Gasteiger partial charge in [-0.25, -0.2) is 0 Å². The molecule has 1 atom stereocenters. The zero-order valence-electron chi connectivity index (χ0n) is 10.2. The first-order valence-electron chi connectivity index (χ1n) is 6.04. The number of nitrogens with one attached hydrogen (secondary N) is 1. The highest BCUT2D eigenvalue weighted by atomic mass is 32.1. The van der Waals surface area contributed by atoms with Crippen LogP contribution < -0.4 is 5.32 Å². The van der Waals surface area contributed by atoms with Crippen LogP contribution in [0.4, 0.5) is 0 Å². The first-order chi connectivity index (χ1) is 7.27. The van der Waals surface area contributed by atoms with Gasteiger partial charge in [0.2, 0.25) is 0 Å². The lowest BCUT2D eigenvalue weighted by Gasteiger charge is -2.16. The summed E-state index contributed by atoms with van der Waals surface area (Å²) in [5.74, 6) is 0. The highest BCUT2D eigenvalue weighted by Crippen LogP contribution is 2.17. The fraction of sp³-hybridized carbons (Fsp3) is 0.692. The topological polar surface area (TPSA) is 12.0 Å². The predicted molar refractivity (Wildman–Crippen MR) is 69.7 cm³/mol. The summed E-state index contributed by atoms with van der Waals surface area (Å²) >= 11 is 1.86. The van der Waals surface area contributed by atoms with Gasteiger partial charge in [0.15, 0.2) is 0 Å². The smallest absolute Gasteiger partial charge is 0.00676 e. The number of hydrogen-bond donors (Lipinski definition) is 1. The van der Waals surface area contributed by atoms with Gasteiger partial charge in [-0.3, -0.25) is 0 Å². The van der Waals surface area contributed by atoms with Crippen molar-refractivity contribution in [3.63, 3.8) is 0 Å². The standard InChI is InChI=1S/C13H23NS/c1-4-9-14-13(5-2)7-6-12-8-10-15-11(12)3/h8,10,13-14H,4-7,9H2,1-3H3. The van der Waals surface area contributed by atoms with Crippen LogP contribution in [0, 0.1) is 6.92 Å². The van der Waals surface area contributed by atoms with Crippen LogP contribution in [0.15, 0.2) is 11.4 Å². The molecule has 0 bridgehead atoms. The molecule has 1 nitrogen and oxygen atoms in total. The normalized spacial score (nSPS) is 13.0. The average Bonchev–Trinajstić information content (AvgIpc) is 2.65.